The van der Waals surface area contributed by atoms with Crippen molar-refractivity contribution in [2.75, 3.05) is 0 Å². The van der Waals surface area contributed by atoms with Gasteiger partial charge < -0.3 is 4.64 Å². The third kappa shape index (κ3) is 4.22. The van der Waals surface area contributed by atoms with Crippen LogP contribution in [0.1, 0.15) is 5.56 Å². The Hall–Kier alpha value is -3.28. The maximum absolute atomic E-state index is 5.47. The van der Waals surface area contributed by atoms with Crippen LogP contribution in [-0.4, -0.2) is 20.6 Å². The predicted octanol–water partition coefficient (Wildman–Crippen LogP) is 6.72. The van der Waals surface area contributed by atoms with Crippen molar-refractivity contribution in [3.8, 4) is 33.1 Å². The topological polar surface area (TPSA) is 12.9 Å². The van der Waals surface area contributed by atoms with Gasteiger partial charge in [0.15, 0.2) is 0 Å². The van der Waals surface area contributed by atoms with Crippen LogP contribution in [0, 0.1) is 0 Å². The fourth-order valence-electron chi connectivity index (χ4n) is 4.37. The number of aryl methyl sites for hydroxylation is 1. The van der Waals surface area contributed by atoms with Gasteiger partial charge >= 0.3 is 0 Å². The number of aromatic nitrogens is 1. The van der Waals surface area contributed by atoms with Crippen molar-refractivity contribution in [3.05, 3.63) is 127 Å². The highest BCUT2D eigenvalue weighted by Gasteiger charge is 2.22. The number of hydrogen-bond donors (Lipinski definition) is 0. The van der Waals surface area contributed by atoms with E-state index in [-0.39, 0.29) is 0 Å². The molecule has 0 radical (unpaired) electrons. The molecule has 0 bridgehead atoms. The number of rotatable bonds is 5. The molecule has 154 valence electrons. The summed E-state index contributed by atoms with van der Waals surface area (Å²) in [6.07, 6.45) is 0. The Balaban J connectivity index is 1.86. The summed E-state index contributed by atoms with van der Waals surface area (Å²) in [4.78, 5) is 0. The lowest BCUT2D eigenvalue weighted by Crippen LogP contribution is -2.24. The molecule has 0 spiro atoms. The second-order valence-electron chi connectivity index (χ2n) is 8.03. The van der Waals surface area contributed by atoms with Gasteiger partial charge in [-0.2, -0.15) is 0 Å². The third-order valence-electron chi connectivity index (χ3n) is 5.90. The first-order chi connectivity index (χ1) is 15.8. The minimum atomic E-state index is -0.927. The van der Waals surface area contributed by atoms with Gasteiger partial charge in [-0.15, -0.1) is 0 Å². The van der Waals surface area contributed by atoms with Gasteiger partial charge in [0.2, 0.25) is 0 Å². The lowest BCUT2D eigenvalue weighted by atomic mass is 9.97. The molecule has 0 N–H and O–H groups in total. The van der Waals surface area contributed by atoms with E-state index in [9.17, 15) is 0 Å². The molecule has 5 rings (SSSR count). The molecule has 1 aromatic heterocycles. The SMILES string of the molecule is C[si]1nc(-c2ccccc2)c(-c2ccccc2)c(-c2ccccc2)[si]1Cc1ccccc1. The van der Waals surface area contributed by atoms with Crippen LogP contribution >= 0.6 is 0 Å². The van der Waals surface area contributed by atoms with E-state index in [0.717, 1.165) is 11.7 Å². The molecule has 0 saturated heterocycles. The molecule has 0 aliphatic heterocycles. The van der Waals surface area contributed by atoms with Crippen molar-refractivity contribution < 1.29 is 0 Å². The van der Waals surface area contributed by atoms with Crippen molar-refractivity contribution in [1.82, 2.24) is 4.64 Å². The summed E-state index contributed by atoms with van der Waals surface area (Å²) in [5, 5.41) is 1.54. The average Bonchev–Trinajstić information content (AvgIpc) is 2.87. The molecule has 3 heteroatoms. The molecule has 1 heterocycles. The van der Waals surface area contributed by atoms with Crippen molar-refractivity contribution >= 4 is 16.0 Å². The lowest BCUT2D eigenvalue weighted by molar-refractivity contribution is 1.37. The van der Waals surface area contributed by atoms with Crippen LogP contribution in [0.25, 0.3) is 33.1 Å². The van der Waals surface area contributed by atoms with Gasteiger partial charge in [-0.3, -0.25) is 0 Å². The highest BCUT2D eigenvalue weighted by Crippen LogP contribution is 2.38. The summed E-state index contributed by atoms with van der Waals surface area (Å²) in [7, 11) is -1.84. The van der Waals surface area contributed by atoms with Gasteiger partial charge in [0.05, 0.1) is 13.6 Å². The zero-order valence-corrected chi connectivity index (χ0v) is 20.2. The molecule has 0 fully saturated rings. The van der Waals surface area contributed by atoms with E-state index in [4.69, 9.17) is 4.64 Å². The van der Waals surface area contributed by atoms with E-state index in [1.54, 1.807) is 0 Å². The van der Waals surface area contributed by atoms with Crippen LogP contribution in [-0.2, 0) is 12.6 Å². The standard InChI is InChI=1S/C29H25NSi2/c1-31-30-28(25-18-10-4-11-19-25)27(24-16-8-3-9-17-24)29(26-20-12-5-13-21-26)32(31)22-23-14-6-2-7-15-23/h2-21H,22H2,1H3. The lowest BCUT2D eigenvalue weighted by Gasteiger charge is -2.21. The Morgan fingerprint density at radius 2 is 1.03 bits per heavy atom. The third-order valence-corrected chi connectivity index (χ3v) is 13.5. The number of benzene rings is 4. The van der Waals surface area contributed by atoms with Gasteiger partial charge in [0.1, 0.15) is 8.07 Å². The van der Waals surface area contributed by atoms with Crippen molar-refractivity contribution in [3.63, 3.8) is 0 Å². The Morgan fingerprint density at radius 3 is 1.59 bits per heavy atom. The molecule has 1 nitrogen and oxygen atoms in total. The normalized spacial score (nSPS) is 10.8. The summed E-state index contributed by atoms with van der Waals surface area (Å²) >= 11 is 0. The zero-order valence-electron chi connectivity index (χ0n) is 18.2. The van der Waals surface area contributed by atoms with Gasteiger partial charge in [-0.1, -0.05) is 121 Å². The summed E-state index contributed by atoms with van der Waals surface area (Å²) < 4.78 is 5.47. The predicted molar refractivity (Wildman–Crippen MR) is 139 cm³/mol. The Morgan fingerprint density at radius 1 is 0.562 bits per heavy atom. The van der Waals surface area contributed by atoms with E-state index in [2.05, 4.69) is 128 Å². The second-order valence-corrected chi connectivity index (χ2v) is 15.2. The molecule has 0 saturated carbocycles. The molecule has 32 heavy (non-hydrogen) atoms. The minimum Gasteiger partial charge on any atom is -0.302 e. The smallest absolute Gasteiger partial charge is 0.132 e. The van der Waals surface area contributed by atoms with Crippen LogP contribution in [0.4, 0.5) is 0 Å². The first-order valence-corrected chi connectivity index (χ1v) is 15.7. The monoisotopic (exact) mass is 443 g/mol. The van der Waals surface area contributed by atoms with E-state index >= 15 is 0 Å². The molecule has 0 aliphatic rings. The van der Waals surface area contributed by atoms with Crippen LogP contribution in [0.5, 0.6) is 0 Å². The molecule has 0 atom stereocenters. The highest BCUT2D eigenvalue weighted by atomic mass is 29.0. The van der Waals surface area contributed by atoms with E-state index < -0.39 is 16.0 Å². The van der Waals surface area contributed by atoms with Crippen LogP contribution in [0.2, 0.25) is 0 Å². The molecule has 0 unspecified atom stereocenters. The van der Waals surface area contributed by atoms with Crippen LogP contribution in [0.15, 0.2) is 121 Å². The van der Waals surface area contributed by atoms with Crippen LogP contribution < -0.4 is 0 Å². The number of nitrogens with zero attached hydrogens (tertiary/aromatic N) is 1. The van der Waals surface area contributed by atoms with Gasteiger partial charge in [-0.05, 0) is 40.0 Å². The molecule has 0 aliphatic carbocycles. The molecule has 4 aromatic carbocycles. The first-order valence-electron chi connectivity index (χ1n) is 11.0. The summed E-state index contributed by atoms with van der Waals surface area (Å²) in [6, 6.07) is 44.7. The maximum Gasteiger partial charge on any atom is 0.132 e. The maximum atomic E-state index is 5.47. The Labute approximate surface area is 193 Å². The van der Waals surface area contributed by atoms with Gasteiger partial charge in [-0.25, -0.2) is 0 Å². The first kappa shape index (κ1) is 20.6. The summed E-state index contributed by atoms with van der Waals surface area (Å²) in [5.74, 6) is 0. The molecular formula is C29H25NSi2. The molecule has 5 aromatic rings. The van der Waals surface area contributed by atoms with E-state index in [1.165, 1.54) is 33.0 Å². The Kier molecular flexibility index (Phi) is 6.10. The molecule has 0 amide bonds. The van der Waals surface area contributed by atoms with E-state index in [0.29, 0.717) is 0 Å². The van der Waals surface area contributed by atoms with Crippen molar-refractivity contribution in [2.45, 2.75) is 6.04 Å². The van der Waals surface area contributed by atoms with E-state index in [1.807, 2.05) is 0 Å². The second kappa shape index (κ2) is 9.47. The van der Waals surface area contributed by atoms with Gasteiger partial charge in [0.25, 0.3) is 0 Å². The quantitative estimate of drug-likeness (QED) is 0.275. The average molecular weight is 444 g/mol. The Bertz CT molecular complexity index is 1320. The molecular weight excluding hydrogens is 418 g/mol. The summed E-state index contributed by atoms with van der Waals surface area (Å²) in [5.41, 5.74) is 7.73. The van der Waals surface area contributed by atoms with Crippen LogP contribution in [0.3, 0.4) is 0 Å². The minimum absolute atomic E-state index is 0.910. The van der Waals surface area contributed by atoms with Crippen molar-refractivity contribution in [1.29, 1.82) is 0 Å². The zero-order chi connectivity index (χ0) is 21.8. The highest BCUT2D eigenvalue weighted by molar-refractivity contribution is 7.02. The fraction of sp³-hybridized carbons (Fsp3) is 0.0690. The fourth-order valence-corrected chi connectivity index (χ4v) is 11.6. The van der Waals surface area contributed by atoms with Crippen molar-refractivity contribution in [2.24, 2.45) is 6.55 Å². The largest absolute Gasteiger partial charge is 0.302 e. The van der Waals surface area contributed by atoms with Gasteiger partial charge in [0, 0.05) is 5.56 Å². The number of hydrogen-bond acceptors (Lipinski definition) is 1. The summed E-state index contributed by atoms with van der Waals surface area (Å²) in [6.45, 7) is 2.41.